The minimum Gasteiger partial charge on any atom is -0.489 e. The van der Waals surface area contributed by atoms with Gasteiger partial charge < -0.3 is 25.2 Å². The first-order chi connectivity index (χ1) is 21.5. The Balaban J connectivity index is 1.36. The lowest BCUT2D eigenvalue weighted by Crippen LogP contribution is -2.42. The minimum absolute atomic E-state index is 0.0199. The molecule has 0 saturated carbocycles. The lowest BCUT2D eigenvalue weighted by atomic mass is 9.97. The number of hydrogen-bond donors (Lipinski definition) is 3. The smallest absolute Gasteiger partial charge is 0.305 e. The predicted molar refractivity (Wildman–Crippen MR) is 169 cm³/mol. The number of benzene rings is 3. The lowest BCUT2D eigenvalue weighted by molar-refractivity contribution is -0.145. The summed E-state index contributed by atoms with van der Waals surface area (Å²) in [6, 6.07) is 25.8. The van der Waals surface area contributed by atoms with E-state index in [1.165, 1.54) is 0 Å². The van der Waals surface area contributed by atoms with Gasteiger partial charge in [0.25, 0.3) is 0 Å². The van der Waals surface area contributed by atoms with Gasteiger partial charge in [-0.25, -0.2) is 0 Å². The van der Waals surface area contributed by atoms with E-state index in [0.717, 1.165) is 41.7 Å². The quantitative estimate of drug-likeness (QED) is 0.218. The van der Waals surface area contributed by atoms with Crippen molar-refractivity contribution in [1.82, 2.24) is 10.6 Å². The maximum Gasteiger partial charge on any atom is 0.305 e. The summed E-state index contributed by atoms with van der Waals surface area (Å²) in [7, 11) is 0. The van der Waals surface area contributed by atoms with Gasteiger partial charge in [0.2, 0.25) is 11.8 Å². The number of nitrogens with one attached hydrogen (secondary N) is 2. The second-order valence-corrected chi connectivity index (χ2v) is 11.1. The van der Waals surface area contributed by atoms with Gasteiger partial charge in [0.15, 0.2) is 0 Å². The molecule has 44 heavy (non-hydrogen) atoms. The van der Waals surface area contributed by atoms with Crippen LogP contribution in [0.3, 0.4) is 0 Å². The van der Waals surface area contributed by atoms with E-state index in [9.17, 15) is 19.5 Å². The fraction of sp³-hybridized carbons (Fsp3) is 0.361. The fourth-order valence-electron chi connectivity index (χ4n) is 5.06. The summed E-state index contributed by atoms with van der Waals surface area (Å²) in [5.41, 5.74) is 2.84. The SMILES string of the molecule is O=C(C[C@H]1CC=CCCCCC(=O)OC[C@H](c2ccccc2)NC1=O)N[C@H](CO)Cc1ccc(OCc2ccccc2)cc1. The van der Waals surface area contributed by atoms with Crippen LogP contribution in [0, 0.1) is 5.92 Å². The molecule has 1 aliphatic heterocycles. The number of hydrogen-bond acceptors (Lipinski definition) is 6. The molecular weight excluding hydrogens is 556 g/mol. The number of cyclic esters (lactones) is 1. The molecule has 8 nitrogen and oxygen atoms in total. The topological polar surface area (TPSA) is 114 Å². The van der Waals surface area contributed by atoms with Gasteiger partial charge in [0.1, 0.15) is 19.0 Å². The van der Waals surface area contributed by atoms with E-state index in [0.29, 0.717) is 25.9 Å². The lowest BCUT2D eigenvalue weighted by Gasteiger charge is -2.23. The Bertz CT molecular complexity index is 1340. The van der Waals surface area contributed by atoms with Crippen molar-refractivity contribution in [3.8, 4) is 5.75 Å². The summed E-state index contributed by atoms with van der Waals surface area (Å²) < 4.78 is 11.4. The molecular formula is C36H42N2O6. The van der Waals surface area contributed by atoms with Crippen LogP contribution in [-0.2, 0) is 32.1 Å². The van der Waals surface area contributed by atoms with Crippen molar-refractivity contribution < 1.29 is 29.0 Å². The van der Waals surface area contributed by atoms with Gasteiger partial charge in [-0.1, -0.05) is 84.9 Å². The molecule has 3 aromatic carbocycles. The van der Waals surface area contributed by atoms with Crippen molar-refractivity contribution in [3.63, 3.8) is 0 Å². The van der Waals surface area contributed by atoms with E-state index in [1.807, 2.05) is 97.1 Å². The molecule has 0 saturated heterocycles. The molecule has 3 atom stereocenters. The molecule has 0 fully saturated rings. The summed E-state index contributed by atoms with van der Waals surface area (Å²) in [4.78, 5) is 38.9. The maximum atomic E-state index is 13.5. The predicted octanol–water partition coefficient (Wildman–Crippen LogP) is 5.21. The average Bonchev–Trinajstić information content (AvgIpc) is 3.05. The molecule has 0 radical (unpaired) electrons. The minimum atomic E-state index is -0.628. The van der Waals surface area contributed by atoms with E-state index in [4.69, 9.17) is 9.47 Å². The van der Waals surface area contributed by atoms with Crippen LogP contribution in [0.5, 0.6) is 5.75 Å². The van der Waals surface area contributed by atoms with Crippen LogP contribution in [0.1, 0.15) is 61.3 Å². The standard InChI is InChI=1S/C36H42N2O6/c39-24-31(22-27-18-20-32(21-19-27)43-25-28-12-6-4-7-13-28)37-34(40)23-30-16-8-2-1-3-11-17-35(41)44-26-33(38-36(30)42)29-14-9-5-10-15-29/h2,4-10,12-15,18-21,30-31,33,39H,1,3,11,16-17,22-26H2,(H,37,40)(H,38,42)/t30-,31+,33-/m1/s1. The summed E-state index contributed by atoms with van der Waals surface area (Å²) in [6.45, 7) is 0.249. The highest BCUT2D eigenvalue weighted by atomic mass is 16.5. The number of aliphatic hydroxyl groups is 1. The van der Waals surface area contributed by atoms with E-state index in [2.05, 4.69) is 10.6 Å². The average molecular weight is 599 g/mol. The van der Waals surface area contributed by atoms with Crippen LogP contribution < -0.4 is 15.4 Å². The largest absolute Gasteiger partial charge is 0.489 e. The molecule has 4 rings (SSSR count). The molecule has 0 spiro atoms. The van der Waals surface area contributed by atoms with E-state index in [-0.39, 0.29) is 37.4 Å². The molecule has 0 bridgehead atoms. The number of carbonyl (C=O) groups excluding carboxylic acids is 3. The zero-order valence-corrected chi connectivity index (χ0v) is 25.0. The number of allylic oxidation sites excluding steroid dienone is 2. The molecule has 3 aromatic rings. The van der Waals surface area contributed by atoms with Crippen LogP contribution >= 0.6 is 0 Å². The molecule has 2 amide bonds. The zero-order valence-electron chi connectivity index (χ0n) is 25.0. The van der Waals surface area contributed by atoms with Gasteiger partial charge in [0, 0.05) is 12.8 Å². The zero-order chi connectivity index (χ0) is 31.0. The van der Waals surface area contributed by atoms with Crippen LogP contribution in [0.15, 0.2) is 97.1 Å². The second-order valence-electron chi connectivity index (χ2n) is 11.1. The molecule has 1 aliphatic rings. The monoisotopic (exact) mass is 598 g/mol. The summed E-state index contributed by atoms with van der Waals surface area (Å²) in [5.74, 6) is -0.792. The van der Waals surface area contributed by atoms with Gasteiger partial charge in [0.05, 0.1) is 24.6 Å². The number of ether oxygens (including phenoxy) is 2. The Kier molecular flexibility index (Phi) is 13.0. The molecule has 0 unspecified atom stereocenters. The Hall–Kier alpha value is -4.43. The maximum absolute atomic E-state index is 13.5. The van der Waals surface area contributed by atoms with Crippen molar-refractivity contribution in [1.29, 1.82) is 0 Å². The van der Waals surface area contributed by atoms with Crippen LogP contribution in [0.4, 0.5) is 0 Å². The third-order valence-electron chi connectivity index (χ3n) is 7.56. The first kappa shape index (κ1) is 32.5. The van der Waals surface area contributed by atoms with Crippen LogP contribution in [-0.4, -0.2) is 42.1 Å². The Morgan fingerprint density at radius 3 is 2.39 bits per heavy atom. The number of esters is 1. The first-order valence-electron chi connectivity index (χ1n) is 15.3. The van der Waals surface area contributed by atoms with Crippen molar-refractivity contribution in [2.75, 3.05) is 13.2 Å². The molecule has 0 aliphatic carbocycles. The van der Waals surface area contributed by atoms with Crippen molar-refractivity contribution in [2.24, 2.45) is 5.92 Å². The molecule has 0 aromatic heterocycles. The van der Waals surface area contributed by atoms with Crippen molar-refractivity contribution in [3.05, 3.63) is 114 Å². The summed E-state index contributed by atoms with van der Waals surface area (Å²) in [5, 5.41) is 15.9. The number of carbonyl (C=O) groups is 3. The van der Waals surface area contributed by atoms with E-state index < -0.39 is 18.0 Å². The van der Waals surface area contributed by atoms with Crippen molar-refractivity contribution in [2.45, 2.75) is 63.6 Å². The highest BCUT2D eigenvalue weighted by Crippen LogP contribution is 2.19. The van der Waals surface area contributed by atoms with Gasteiger partial charge in [-0.2, -0.15) is 0 Å². The molecule has 232 valence electrons. The molecule has 8 heteroatoms. The highest BCUT2D eigenvalue weighted by Gasteiger charge is 2.26. The van der Waals surface area contributed by atoms with Gasteiger partial charge in [-0.15, -0.1) is 0 Å². The number of rotatable bonds is 10. The van der Waals surface area contributed by atoms with Gasteiger partial charge in [-0.3, -0.25) is 14.4 Å². The highest BCUT2D eigenvalue weighted by molar-refractivity contribution is 5.86. The summed E-state index contributed by atoms with van der Waals surface area (Å²) >= 11 is 0. The van der Waals surface area contributed by atoms with Crippen LogP contribution in [0.25, 0.3) is 0 Å². The van der Waals surface area contributed by atoms with Crippen LogP contribution in [0.2, 0.25) is 0 Å². The molecule has 3 N–H and O–H groups in total. The third kappa shape index (κ3) is 11.0. The van der Waals surface area contributed by atoms with Gasteiger partial charge in [-0.05, 0) is 60.9 Å². The summed E-state index contributed by atoms with van der Waals surface area (Å²) in [6.07, 6.45) is 7.40. The molecule has 1 heterocycles. The van der Waals surface area contributed by atoms with Crippen molar-refractivity contribution >= 4 is 17.8 Å². The van der Waals surface area contributed by atoms with E-state index in [1.54, 1.807) is 0 Å². The Morgan fingerprint density at radius 2 is 1.66 bits per heavy atom. The van der Waals surface area contributed by atoms with Gasteiger partial charge >= 0.3 is 5.97 Å². The van der Waals surface area contributed by atoms with E-state index >= 15 is 0 Å². The number of amides is 2. The normalized spacial score (nSPS) is 18.8. The first-order valence-corrected chi connectivity index (χ1v) is 15.3. The number of aliphatic hydroxyl groups excluding tert-OH is 1. The third-order valence-corrected chi connectivity index (χ3v) is 7.56. The Labute approximate surface area is 259 Å². The Morgan fingerprint density at radius 1 is 0.932 bits per heavy atom. The fourth-order valence-corrected chi connectivity index (χ4v) is 5.06. The second kappa shape index (κ2) is 17.6.